The molecule has 0 aromatic carbocycles. The predicted octanol–water partition coefficient (Wildman–Crippen LogP) is 1.76. The summed E-state index contributed by atoms with van der Waals surface area (Å²) < 4.78 is 10.5. The van der Waals surface area contributed by atoms with Crippen molar-refractivity contribution in [2.75, 3.05) is 25.6 Å². The summed E-state index contributed by atoms with van der Waals surface area (Å²) in [6, 6.07) is 3.65. The largest absolute Gasteiger partial charge is 0.493 e. The van der Waals surface area contributed by atoms with Gasteiger partial charge in [-0.15, -0.1) is 0 Å². The zero-order chi connectivity index (χ0) is 13.0. The normalized spacial score (nSPS) is 19.3. The summed E-state index contributed by atoms with van der Waals surface area (Å²) in [5, 5.41) is 2.82. The van der Waals surface area contributed by atoms with E-state index in [0.29, 0.717) is 18.2 Å². The lowest BCUT2D eigenvalue weighted by atomic mass is 10.0. The molecule has 2 heterocycles. The number of hydrogen-bond donors (Lipinski definition) is 1. The van der Waals surface area contributed by atoms with E-state index in [1.54, 1.807) is 13.2 Å². The van der Waals surface area contributed by atoms with E-state index in [1.165, 1.54) is 0 Å². The fraction of sp³-hybridized carbons (Fsp3) is 0.538. The van der Waals surface area contributed by atoms with Crippen molar-refractivity contribution in [3.05, 3.63) is 17.8 Å². The molecular weight excluding hydrogens is 232 g/mol. The van der Waals surface area contributed by atoms with E-state index in [9.17, 15) is 4.79 Å². The van der Waals surface area contributed by atoms with Gasteiger partial charge in [-0.05, 0) is 31.9 Å². The van der Waals surface area contributed by atoms with Gasteiger partial charge in [0.15, 0.2) is 11.6 Å². The fourth-order valence-corrected chi connectivity index (χ4v) is 1.96. The Kier molecular flexibility index (Phi) is 4.15. The average molecular weight is 250 g/mol. The quantitative estimate of drug-likeness (QED) is 0.888. The summed E-state index contributed by atoms with van der Waals surface area (Å²) in [5.41, 5.74) is 0.839. The monoisotopic (exact) mass is 250 g/mol. The van der Waals surface area contributed by atoms with Crippen LogP contribution in [0.5, 0.6) is 5.75 Å². The zero-order valence-corrected chi connectivity index (χ0v) is 10.7. The van der Waals surface area contributed by atoms with E-state index >= 15 is 0 Å². The molecule has 1 amide bonds. The lowest BCUT2D eigenvalue weighted by Crippen LogP contribution is -2.30. The molecule has 1 aliphatic heterocycles. The summed E-state index contributed by atoms with van der Waals surface area (Å²) in [6.07, 6.45) is 1.79. The molecular formula is C13H18N2O3. The first-order valence-electron chi connectivity index (χ1n) is 6.11. The van der Waals surface area contributed by atoms with E-state index in [4.69, 9.17) is 9.47 Å². The topological polar surface area (TPSA) is 60.5 Å². The molecule has 1 unspecified atom stereocenters. The second-order valence-corrected chi connectivity index (χ2v) is 4.41. The molecule has 1 atom stereocenters. The van der Waals surface area contributed by atoms with Gasteiger partial charge in [0.2, 0.25) is 5.91 Å². The highest BCUT2D eigenvalue weighted by Gasteiger charge is 2.23. The Balaban J connectivity index is 2.07. The number of aromatic nitrogens is 1. The molecule has 5 nitrogen and oxygen atoms in total. The third kappa shape index (κ3) is 2.98. The van der Waals surface area contributed by atoms with Crippen LogP contribution >= 0.6 is 0 Å². The van der Waals surface area contributed by atoms with Gasteiger partial charge in [-0.25, -0.2) is 4.98 Å². The molecule has 1 aromatic heterocycles. The third-order valence-corrected chi connectivity index (χ3v) is 2.99. The number of hydrogen-bond acceptors (Lipinski definition) is 4. The molecule has 0 spiro atoms. The third-order valence-electron chi connectivity index (χ3n) is 2.99. The number of carbonyl (C=O) groups excluding carboxylic acids is 1. The lowest BCUT2D eigenvalue weighted by molar-refractivity contribution is -0.123. The Labute approximate surface area is 107 Å². The number of nitrogens with one attached hydrogen (secondary N) is 1. The Hall–Kier alpha value is -1.62. The van der Waals surface area contributed by atoms with Crippen molar-refractivity contribution in [2.45, 2.75) is 19.8 Å². The number of rotatable bonds is 3. The van der Waals surface area contributed by atoms with Crippen molar-refractivity contribution in [1.29, 1.82) is 0 Å². The number of pyridine rings is 1. The van der Waals surface area contributed by atoms with Crippen molar-refractivity contribution in [3.63, 3.8) is 0 Å². The van der Waals surface area contributed by atoms with Gasteiger partial charge in [0.05, 0.1) is 19.6 Å². The number of ether oxygens (including phenoxy) is 2. The average Bonchev–Trinajstić information content (AvgIpc) is 2.40. The zero-order valence-electron chi connectivity index (χ0n) is 10.7. The summed E-state index contributed by atoms with van der Waals surface area (Å²) >= 11 is 0. The van der Waals surface area contributed by atoms with E-state index in [1.807, 2.05) is 13.0 Å². The van der Waals surface area contributed by atoms with Crippen LogP contribution in [0.3, 0.4) is 0 Å². The fourth-order valence-electron chi connectivity index (χ4n) is 1.96. The molecule has 2 rings (SSSR count). The molecule has 1 aliphatic rings. The van der Waals surface area contributed by atoms with Crippen molar-refractivity contribution < 1.29 is 14.3 Å². The highest BCUT2D eigenvalue weighted by molar-refractivity contribution is 5.93. The van der Waals surface area contributed by atoms with Gasteiger partial charge in [0.1, 0.15) is 0 Å². The first-order chi connectivity index (χ1) is 8.70. The van der Waals surface area contributed by atoms with E-state index < -0.39 is 0 Å². The number of nitrogens with zero attached hydrogens (tertiary/aromatic N) is 1. The Morgan fingerprint density at radius 1 is 1.56 bits per heavy atom. The molecule has 18 heavy (non-hydrogen) atoms. The van der Waals surface area contributed by atoms with Gasteiger partial charge in [0, 0.05) is 12.3 Å². The first-order valence-corrected chi connectivity index (χ1v) is 6.11. The van der Waals surface area contributed by atoms with Gasteiger partial charge in [-0.1, -0.05) is 0 Å². The minimum Gasteiger partial charge on any atom is -0.493 e. The molecule has 0 aliphatic carbocycles. The number of anilines is 1. The molecule has 0 saturated carbocycles. The van der Waals surface area contributed by atoms with E-state index in [2.05, 4.69) is 10.3 Å². The van der Waals surface area contributed by atoms with Crippen LogP contribution < -0.4 is 10.1 Å². The maximum Gasteiger partial charge on any atom is 0.231 e. The lowest BCUT2D eigenvalue weighted by Gasteiger charge is -2.21. The smallest absolute Gasteiger partial charge is 0.231 e. The van der Waals surface area contributed by atoms with Crippen LogP contribution in [0.15, 0.2) is 12.1 Å². The summed E-state index contributed by atoms with van der Waals surface area (Å²) in [6.45, 7) is 3.11. The molecule has 1 aromatic rings. The van der Waals surface area contributed by atoms with Crippen molar-refractivity contribution >= 4 is 11.7 Å². The van der Waals surface area contributed by atoms with Crippen LogP contribution in [0.25, 0.3) is 0 Å². The highest BCUT2D eigenvalue weighted by atomic mass is 16.5. The van der Waals surface area contributed by atoms with Gasteiger partial charge in [-0.2, -0.15) is 0 Å². The van der Waals surface area contributed by atoms with E-state index in [-0.39, 0.29) is 11.8 Å². The minimum absolute atomic E-state index is 0.0499. The van der Waals surface area contributed by atoms with Gasteiger partial charge >= 0.3 is 0 Å². The highest BCUT2D eigenvalue weighted by Crippen LogP contribution is 2.23. The van der Waals surface area contributed by atoms with Gasteiger partial charge in [0.25, 0.3) is 0 Å². The van der Waals surface area contributed by atoms with E-state index in [0.717, 1.165) is 25.1 Å². The summed E-state index contributed by atoms with van der Waals surface area (Å²) in [5.74, 6) is 0.913. The van der Waals surface area contributed by atoms with Crippen molar-refractivity contribution in [1.82, 2.24) is 4.98 Å². The van der Waals surface area contributed by atoms with Gasteiger partial charge < -0.3 is 14.8 Å². The number of aryl methyl sites for hydroxylation is 1. The second kappa shape index (κ2) is 5.82. The molecule has 1 fully saturated rings. The number of methoxy groups -OCH3 is 1. The van der Waals surface area contributed by atoms with Crippen LogP contribution in [-0.4, -0.2) is 31.2 Å². The van der Waals surface area contributed by atoms with Crippen LogP contribution in [0.1, 0.15) is 18.5 Å². The van der Waals surface area contributed by atoms with Crippen LogP contribution in [-0.2, 0) is 9.53 Å². The Bertz CT molecular complexity index is 428. The van der Waals surface area contributed by atoms with Gasteiger partial charge in [-0.3, -0.25) is 4.79 Å². The number of amides is 1. The van der Waals surface area contributed by atoms with Crippen molar-refractivity contribution in [3.8, 4) is 5.75 Å². The molecule has 1 N–H and O–H groups in total. The first kappa shape index (κ1) is 12.8. The molecule has 0 bridgehead atoms. The molecule has 98 valence electrons. The molecule has 0 radical (unpaired) electrons. The van der Waals surface area contributed by atoms with Crippen LogP contribution in [0.2, 0.25) is 0 Å². The number of carbonyl (C=O) groups is 1. The molecule has 1 saturated heterocycles. The second-order valence-electron chi connectivity index (χ2n) is 4.41. The summed E-state index contributed by atoms with van der Waals surface area (Å²) in [7, 11) is 1.56. The molecule has 5 heteroatoms. The van der Waals surface area contributed by atoms with Crippen LogP contribution in [0.4, 0.5) is 5.82 Å². The maximum absolute atomic E-state index is 12.1. The maximum atomic E-state index is 12.1. The predicted molar refractivity (Wildman–Crippen MR) is 67.7 cm³/mol. The SMILES string of the molecule is COc1ccc(C)nc1NC(=O)C1CCCOC1. The van der Waals surface area contributed by atoms with Crippen LogP contribution in [0, 0.1) is 12.8 Å². The Morgan fingerprint density at radius 3 is 3.06 bits per heavy atom. The van der Waals surface area contributed by atoms with Crippen molar-refractivity contribution in [2.24, 2.45) is 5.92 Å². The minimum atomic E-state index is -0.0919. The Morgan fingerprint density at radius 2 is 2.39 bits per heavy atom. The summed E-state index contributed by atoms with van der Waals surface area (Å²) in [4.78, 5) is 16.3. The standard InChI is InChI=1S/C13H18N2O3/c1-9-5-6-11(17-2)12(14-9)15-13(16)10-4-3-7-18-8-10/h5-6,10H,3-4,7-8H2,1-2H3,(H,14,15,16).